The Labute approximate surface area is 139 Å². The van der Waals surface area contributed by atoms with E-state index in [0.29, 0.717) is 12.3 Å². The highest BCUT2D eigenvalue weighted by Gasteiger charge is 2.26. The van der Waals surface area contributed by atoms with E-state index in [1.807, 2.05) is 6.07 Å². The Morgan fingerprint density at radius 3 is 2.22 bits per heavy atom. The molecule has 120 valence electrons. The molecule has 1 aliphatic rings. The summed E-state index contributed by atoms with van der Waals surface area (Å²) >= 11 is 0. The molecule has 0 bridgehead atoms. The van der Waals surface area contributed by atoms with Crippen LogP contribution in [-0.4, -0.2) is 23.8 Å². The number of aryl methyl sites for hydroxylation is 1. The molecule has 0 amide bonds. The van der Waals surface area contributed by atoms with Gasteiger partial charge in [0.2, 0.25) is 0 Å². The maximum atomic E-state index is 12.4. The SMILES string of the molecule is O=C1CN(Cc2ccccc2)CCC1CCCc1ccccc1. The highest BCUT2D eigenvalue weighted by atomic mass is 16.1. The van der Waals surface area contributed by atoms with Crippen LogP contribution in [0.3, 0.4) is 0 Å². The second-order valence-electron chi connectivity index (χ2n) is 6.53. The summed E-state index contributed by atoms with van der Waals surface area (Å²) in [7, 11) is 0. The Hall–Kier alpha value is -1.93. The van der Waals surface area contributed by atoms with Crippen LogP contribution in [0.2, 0.25) is 0 Å². The van der Waals surface area contributed by atoms with E-state index in [-0.39, 0.29) is 5.92 Å². The van der Waals surface area contributed by atoms with Crippen molar-refractivity contribution < 1.29 is 4.79 Å². The van der Waals surface area contributed by atoms with E-state index in [2.05, 4.69) is 59.5 Å². The molecule has 0 aromatic heterocycles. The van der Waals surface area contributed by atoms with Gasteiger partial charge in [0.25, 0.3) is 0 Å². The van der Waals surface area contributed by atoms with Gasteiger partial charge in [-0.2, -0.15) is 0 Å². The quantitative estimate of drug-likeness (QED) is 0.801. The number of Topliss-reactive ketones (excluding diaryl/α,β-unsaturated/α-hetero) is 1. The van der Waals surface area contributed by atoms with Crippen LogP contribution < -0.4 is 0 Å². The minimum Gasteiger partial charge on any atom is -0.298 e. The van der Waals surface area contributed by atoms with Crippen molar-refractivity contribution in [1.82, 2.24) is 4.90 Å². The van der Waals surface area contributed by atoms with Crippen LogP contribution in [0.1, 0.15) is 30.4 Å². The van der Waals surface area contributed by atoms with E-state index < -0.39 is 0 Å². The number of hydrogen-bond acceptors (Lipinski definition) is 2. The van der Waals surface area contributed by atoms with Crippen LogP contribution in [0.15, 0.2) is 60.7 Å². The largest absolute Gasteiger partial charge is 0.298 e. The predicted octanol–water partition coefficient (Wildman–Crippen LogP) is 4.10. The molecule has 1 aliphatic heterocycles. The molecular formula is C21H25NO. The van der Waals surface area contributed by atoms with Gasteiger partial charge >= 0.3 is 0 Å². The minimum atomic E-state index is 0.269. The van der Waals surface area contributed by atoms with Crippen molar-refractivity contribution in [2.45, 2.75) is 32.2 Å². The van der Waals surface area contributed by atoms with Crippen molar-refractivity contribution in [2.75, 3.05) is 13.1 Å². The Morgan fingerprint density at radius 1 is 0.913 bits per heavy atom. The number of hydrogen-bond donors (Lipinski definition) is 0. The van der Waals surface area contributed by atoms with Crippen LogP contribution in [0.5, 0.6) is 0 Å². The first-order valence-electron chi connectivity index (χ1n) is 8.64. The van der Waals surface area contributed by atoms with E-state index in [1.165, 1.54) is 11.1 Å². The molecule has 0 N–H and O–H groups in total. The third-order valence-electron chi connectivity index (χ3n) is 4.74. The molecular weight excluding hydrogens is 282 g/mol. The molecule has 0 aliphatic carbocycles. The fourth-order valence-electron chi connectivity index (χ4n) is 3.41. The van der Waals surface area contributed by atoms with E-state index in [0.717, 1.165) is 38.8 Å². The van der Waals surface area contributed by atoms with Gasteiger partial charge in [-0.05, 0) is 43.4 Å². The summed E-state index contributed by atoms with van der Waals surface area (Å²) in [6, 6.07) is 21.0. The molecule has 2 aromatic rings. The van der Waals surface area contributed by atoms with Gasteiger partial charge in [0.15, 0.2) is 0 Å². The third-order valence-corrected chi connectivity index (χ3v) is 4.74. The Kier molecular flexibility index (Phi) is 5.60. The lowest BCUT2D eigenvalue weighted by atomic mass is 9.89. The van der Waals surface area contributed by atoms with Crippen molar-refractivity contribution in [3.05, 3.63) is 71.8 Å². The summed E-state index contributed by atoms with van der Waals surface area (Å²) < 4.78 is 0. The average Bonchev–Trinajstić information content (AvgIpc) is 2.59. The molecule has 0 spiro atoms. The van der Waals surface area contributed by atoms with Gasteiger partial charge in [-0.15, -0.1) is 0 Å². The Bertz CT molecular complexity index is 608. The van der Waals surface area contributed by atoms with Crippen LogP contribution in [0.4, 0.5) is 0 Å². The number of rotatable bonds is 6. The molecule has 1 atom stereocenters. The fraction of sp³-hybridized carbons (Fsp3) is 0.381. The van der Waals surface area contributed by atoms with Crippen molar-refractivity contribution in [3.8, 4) is 0 Å². The lowest BCUT2D eigenvalue weighted by Crippen LogP contribution is -2.40. The smallest absolute Gasteiger partial charge is 0.149 e. The zero-order chi connectivity index (χ0) is 15.9. The summed E-state index contributed by atoms with van der Waals surface area (Å²) in [6.07, 6.45) is 4.24. The van der Waals surface area contributed by atoms with E-state index in [9.17, 15) is 4.79 Å². The van der Waals surface area contributed by atoms with Crippen molar-refractivity contribution >= 4 is 5.78 Å². The first kappa shape index (κ1) is 15.9. The normalized spacial score (nSPS) is 19.0. The second kappa shape index (κ2) is 8.07. The third kappa shape index (κ3) is 4.77. The summed E-state index contributed by atoms with van der Waals surface area (Å²) in [6.45, 7) is 2.55. The van der Waals surface area contributed by atoms with Crippen molar-refractivity contribution in [1.29, 1.82) is 0 Å². The Balaban J connectivity index is 1.43. The predicted molar refractivity (Wildman–Crippen MR) is 94.2 cm³/mol. The van der Waals surface area contributed by atoms with Crippen LogP contribution in [0.25, 0.3) is 0 Å². The average molecular weight is 307 g/mol. The molecule has 1 saturated heterocycles. The maximum absolute atomic E-state index is 12.4. The number of nitrogens with zero attached hydrogens (tertiary/aromatic N) is 1. The molecule has 0 saturated carbocycles. The fourth-order valence-corrected chi connectivity index (χ4v) is 3.41. The second-order valence-corrected chi connectivity index (χ2v) is 6.53. The number of likely N-dealkylation sites (tertiary alicyclic amines) is 1. The molecule has 2 aromatic carbocycles. The molecule has 1 unspecified atom stereocenters. The number of benzene rings is 2. The number of ketones is 1. The van der Waals surface area contributed by atoms with Gasteiger partial charge in [0.1, 0.15) is 5.78 Å². The molecule has 2 heteroatoms. The highest BCUT2D eigenvalue weighted by molar-refractivity contribution is 5.83. The number of carbonyl (C=O) groups excluding carboxylic acids is 1. The molecule has 23 heavy (non-hydrogen) atoms. The molecule has 3 rings (SSSR count). The molecule has 2 nitrogen and oxygen atoms in total. The standard InChI is InChI=1S/C21H25NO/c23-21-17-22(16-19-10-5-2-6-11-19)15-14-20(21)13-7-12-18-8-3-1-4-9-18/h1-6,8-11,20H,7,12-17H2. The van der Waals surface area contributed by atoms with Gasteiger partial charge in [0, 0.05) is 12.5 Å². The Morgan fingerprint density at radius 2 is 1.57 bits per heavy atom. The zero-order valence-electron chi connectivity index (χ0n) is 13.7. The van der Waals surface area contributed by atoms with E-state index in [4.69, 9.17) is 0 Å². The summed E-state index contributed by atoms with van der Waals surface area (Å²) in [5, 5.41) is 0. The van der Waals surface area contributed by atoms with Gasteiger partial charge < -0.3 is 0 Å². The van der Waals surface area contributed by atoms with Crippen molar-refractivity contribution in [3.63, 3.8) is 0 Å². The monoisotopic (exact) mass is 307 g/mol. The molecule has 1 fully saturated rings. The van der Waals surface area contributed by atoms with Gasteiger partial charge in [-0.25, -0.2) is 0 Å². The topological polar surface area (TPSA) is 20.3 Å². The molecule has 0 radical (unpaired) electrons. The zero-order valence-corrected chi connectivity index (χ0v) is 13.7. The van der Waals surface area contributed by atoms with Gasteiger partial charge in [-0.1, -0.05) is 60.7 Å². The van der Waals surface area contributed by atoms with Crippen molar-refractivity contribution in [2.24, 2.45) is 5.92 Å². The summed E-state index contributed by atoms with van der Waals surface area (Å²) in [5.41, 5.74) is 2.67. The van der Waals surface area contributed by atoms with E-state index >= 15 is 0 Å². The molecule has 1 heterocycles. The summed E-state index contributed by atoms with van der Waals surface area (Å²) in [4.78, 5) is 14.7. The first-order chi connectivity index (χ1) is 11.3. The lowest BCUT2D eigenvalue weighted by Gasteiger charge is -2.30. The van der Waals surface area contributed by atoms with Crippen LogP contribution >= 0.6 is 0 Å². The van der Waals surface area contributed by atoms with Gasteiger partial charge in [0.05, 0.1) is 6.54 Å². The van der Waals surface area contributed by atoms with Crippen LogP contribution in [-0.2, 0) is 17.8 Å². The number of piperidine rings is 1. The van der Waals surface area contributed by atoms with Crippen LogP contribution in [0, 0.1) is 5.92 Å². The van der Waals surface area contributed by atoms with E-state index in [1.54, 1.807) is 0 Å². The number of carbonyl (C=O) groups is 1. The minimum absolute atomic E-state index is 0.269. The lowest BCUT2D eigenvalue weighted by molar-refractivity contribution is -0.127. The highest BCUT2D eigenvalue weighted by Crippen LogP contribution is 2.21. The first-order valence-corrected chi connectivity index (χ1v) is 8.64. The van der Waals surface area contributed by atoms with Gasteiger partial charge in [-0.3, -0.25) is 9.69 Å². The maximum Gasteiger partial charge on any atom is 0.149 e. The summed E-state index contributed by atoms with van der Waals surface area (Å²) in [5.74, 6) is 0.700.